The lowest BCUT2D eigenvalue weighted by Gasteiger charge is -2.33. The van der Waals surface area contributed by atoms with Crippen molar-refractivity contribution in [2.24, 2.45) is 11.8 Å². The Morgan fingerprint density at radius 1 is 1.14 bits per heavy atom. The van der Waals surface area contributed by atoms with Gasteiger partial charge in [-0.15, -0.1) is 0 Å². The number of rotatable bonds is 7. The summed E-state index contributed by atoms with van der Waals surface area (Å²) in [6, 6.07) is 6.55. The van der Waals surface area contributed by atoms with E-state index in [9.17, 15) is 4.79 Å². The number of benzene rings is 1. The Morgan fingerprint density at radius 2 is 1.86 bits per heavy atom. The largest absolute Gasteiger partial charge is 0.354 e. The van der Waals surface area contributed by atoms with E-state index >= 15 is 0 Å². The van der Waals surface area contributed by atoms with Crippen molar-refractivity contribution in [3.63, 3.8) is 0 Å². The van der Waals surface area contributed by atoms with Crippen molar-refractivity contribution in [1.29, 1.82) is 0 Å². The predicted molar refractivity (Wildman–Crippen MR) is 121 cm³/mol. The number of nitrogens with one attached hydrogen (secondary N) is 1. The molecule has 5 heteroatoms. The van der Waals surface area contributed by atoms with Gasteiger partial charge < -0.3 is 10.2 Å². The van der Waals surface area contributed by atoms with Crippen LogP contribution in [0.4, 0.5) is 0 Å². The molecule has 2 fully saturated rings. The molecule has 1 aromatic rings. The van der Waals surface area contributed by atoms with Crippen molar-refractivity contribution in [3.8, 4) is 0 Å². The molecule has 0 aromatic heterocycles. The second-order valence-electron chi connectivity index (χ2n) is 8.79. The van der Waals surface area contributed by atoms with E-state index in [1.165, 1.54) is 68.2 Å². The fourth-order valence-electron chi connectivity index (χ4n) is 4.91. The zero-order valence-electron chi connectivity index (χ0n) is 17.1. The molecule has 1 N–H and O–H groups in total. The molecule has 1 saturated carbocycles. The summed E-state index contributed by atoms with van der Waals surface area (Å²) in [5, 5.41) is 3.92. The molecule has 28 heavy (non-hydrogen) atoms. The molecule has 0 spiro atoms. The quantitative estimate of drug-likeness (QED) is 0.544. The van der Waals surface area contributed by atoms with Crippen molar-refractivity contribution in [2.45, 2.75) is 70.8 Å². The summed E-state index contributed by atoms with van der Waals surface area (Å²) < 4.78 is 1.19. The SMILES string of the molecule is CC(=O)N[C@H]1CC[C@H](CCCN2CCC(Cc3cc(Cl)ccc3Br)CC2)CC1. The first-order chi connectivity index (χ1) is 13.5. The average molecular weight is 470 g/mol. The van der Waals surface area contributed by atoms with Crippen LogP contribution in [-0.4, -0.2) is 36.5 Å². The van der Waals surface area contributed by atoms with Crippen LogP contribution in [0.3, 0.4) is 0 Å². The lowest BCUT2D eigenvalue weighted by atomic mass is 9.83. The third-order valence-electron chi connectivity index (χ3n) is 6.56. The molecule has 2 aliphatic rings. The van der Waals surface area contributed by atoms with E-state index in [0.717, 1.165) is 36.1 Å². The molecule has 0 radical (unpaired) electrons. The summed E-state index contributed by atoms with van der Waals surface area (Å²) in [6.07, 6.45) is 11.3. The van der Waals surface area contributed by atoms with Crippen LogP contribution in [-0.2, 0) is 11.2 Å². The lowest BCUT2D eigenvalue weighted by Crippen LogP contribution is -2.37. The zero-order chi connectivity index (χ0) is 19.9. The smallest absolute Gasteiger partial charge is 0.217 e. The fourth-order valence-corrected chi connectivity index (χ4v) is 5.51. The van der Waals surface area contributed by atoms with Gasteiger partial charge in [0.1, 0.15) is 0 Å². The first-order valence-electron chi connectivity index (χ1n) is 10.9. The van der Waals surface area contributed by atoms with Crippen LogP contribution < -0.4 is 5.32 Å². The maximum absolute atomic E-state index is 11.2. The number of carbonyl (C=O) groups excluding carboxylic acids is 1. The standard InChI is InChI=1S/C23H34BrClN2O/c1-17(28)26-22-7-4-18(5-8-22)3-2-12-27-13-10-19(11-14-27)15-20-16-21(25)6-9-23(20)24/h6,9,16,18-19,22H,2-5,7-8,10-15H2,1H3,(H,26,28)/t18-,22-. The van der Waals surface area contributed by atoms with Crippen LogP contribution in [0.2, 0.25) is 5.02 Å². The van der Waals surface area contributed by atoms with E-state index in [4.69, 9.17) is 11.6 Å². The Bertz CT molecular complexity index is 637. The van der Waals surface area contributed by atoms with Gasteiger partial charge in [0.15, 0.2) is 0 Å². The monoisotopic (exact) mass is 468 g/mol. The molecule has 0 bridgehead atoms. The van der Waals surface area contributed by atoms with E-state index in [1.807, 2.05) is 6.07 Å². The normalized spacial score (nSPS) is 24.2. The highest BCUT2D eigenvalue weighted by atomic mass is 79.9. The van der Waals surface area contributed by atoms with Crippen molar-refractivity contribution in [1.82, 2.24) is 10.2 Å². The molecule has 156 valence electrons. The van der Waals surface area contributed by atoms with Gasteiger partial charge in [-0.2, -0.15) is 0 Å². The van der Waals surface area contributed by atoms with Crippen LogP contribution in [0.1, 0.15) is 63.9 Å². The van der Waals surface area contributed by atoms with Gasteiger partial charge in [0, 0.05) is 22.5 Å². The third kappa shape index (κ3) is 7.03. The van der Waals surface area contributed by atoms with Gasteiger partial charge in [-0.1, -0.05) is 27.5 Å². The van der Waals surface area contributed by atoms with Gasteiger partial charge >= 0.3 is 0 Å². The number of halogens is 2. The summed E-state index contributed by atoms with van der Waals surface area (Å²) in [4.78, 5) is 13.8. The highest BCUT2D eigenvalue weighted by Crippen LogP contribution is 2.30. The second-order valence-corrected chi connectivity index (χ2v) is 10.1. The van der Waals surface area contributed by atoms with E-state index in [1.54, 1.807) is 6.92 Å². The highest BCUT2D eigenvalue weighted by Gasteiger charge is 2.23. The van der Waals surface area contributed by atoms with Gasteiger partial charge in [-0.3, -0.25) is 4.79 Å². The summed E-state index contributed by atoms with van der Waals surface area (Å²) >= 11 is 9.83. The Kier molecular flexibility index (Phi) is 8.68. The zero-order valence-corrected chi connectivity index (χ0v) is 19.4. The summed E-state index contributed by atoms with van der Waals surface area (Å²) in [5.74, 6) is 1.76. The molecule has 1 aromatic carbocycles. The topological polar surface area (TPSA) is 32.3 Å². The summed E-state index contributed by atoms with van der Waals surface area (Å²) in [7, 11) is 0. The van der Waals surface area contributed by atoms with E-state index in [0.29, 0.717) is 6.04 Å². The lowest BCUT2D eigenvalue weighted by molar-refractivity contribution is -0.119. The number of amides is 1. The maximum Gasteiger partial charge on any atom is 0.217 e. The van der Waals surface area contributed by atoms with E-state index in [-0.39, 0.29) is 5.91 Å². The predicted octanol–water partition coefficient (Wildman–Crippen LogP) is 5.83. The van der Waals surface area contributed by atoms with Gasteiger partial charge in [-0.05, 0) is 113 Å². The molecular weight excluding hydrogens is 436 g/mol. The number of likely N-dealkylation sites (tertiary alicyclic amines) is 1. The molecule has 3 rings (SSSR count). The maximum atomic E-state index is 11.2. The van der Waals surface area contributed by atoms with Gasteiger partial charge in [0.2, 0.25) is 5.91 Å². The summed E-state index contributed by atoms with van der Waals surface area (Å²) in [5.41, 5.74) is 1.35. The van der Waals surface area contributed by atoms with E-state index in [2.05, 4.69) is 38.3 Å². The Morgan fingerprint density at radius 3 is 2.54 bits per heavy atom. The molecule has 1 amide bonds. The molecule has 1 aliphatic carbocycles. The van der Waals surface area contributed by atoms with Crippen LogP contribution in [0.25, 0.3) is 0 Å². The molecule has 1 saturated heterocycles. The third-order valence-corrected chi connectivity index (χ3v) is 7.57. The number of carbonyl (C=O) groups is 1. The molecule has 0 atom stereocenters. The molecule has 0 unspecified atom stereocenters. The number of piperidine rings is 1. The Labute approximate surface area is 183 Å². The second kappa shape index (κ2) is 11.0. The Hall–Kier alpha value is -0.580. The number of hydrogen-bond acceptors (Lipinski definition) is 2. The van der Waals surface area contributed by atoms with Crippen molar-refractivity contribution >= 4 is 33.4 Å². The minimum absolute atomic E-state index is 0.120. The average Bonchev–Trinajstić information content (AvgIpc) is 2.67. The molecule has 1 heterocycles. The number of nitrogens with zero attached hydrogens (tertiary/aromatic N) is 1. The van der Waals surface area contributed by atoms with Gasteiger partial charge in [0.05, 0.1) is 0 Å². The molecule has 3 nitrogen and oxygen atoms in total. The minimum atomic E-state index is 0.120. The van der Waals surface area contributed by atoms with Crippen molar-refractivity contribution in [2.75, 3.05) is 19.6 Å². The van der Waals surface area contributed by atoms with Crippen LogP contribution in [0, 0.1) is 11.8 Å². The molecular formula is C23H34BrClN2O. The molecule has 1 aliphatic heterocycles. The van der Waals surface area contributed by atoms with Crippen LogP contribution >= 0.6 is 27.5 Å². The highest BCUT2D eigenvalue weighted by molar-refractivity contribution is 9.10. The van der Waals surface area contributed by atoms with Gasteiger partial charge in [0.25, 0.3) is 0 Å². The first-order valence-corrected chi connectivity index (χ1v) is 12.1. The van der Waals surface area contributed by atoms with Crippen molar-refractivity contribution < 1.29 is 4.79 Å². The summed E-state index contributed by atoms with van der Waals surface area (Å²) in [6.45, 7) is 5.35. The first kappa shape index (κ1) is 22.1. The minimum Gasteiger partial charge on any atom is -0.354 e. The van der Waals surface area contributed by atoms with Crippen molar-refractivity contribution in [3.05, 3.63) is 33.3 Å². The Balaban J connectivity index is 1.30. The van der Waals surface area contributed by atoms with Gasteiger partial charge in [-0.25, -0.2) is 0 Å². The van der Waals surface area contributed by atoms with Crippen LogP contribution in [0.5, 0.6) is 0 Å². The fraction of sp³-hybridized carbons (Fsp3) is 0.696. The van der Waals surface area contributed by atoms with E-state index < -0.39 is 0 Å². The number of hydrogen-bond donors (Lipinski definition) is 1. The van der Waals surface area contributed by atoms with Crippen LogP contribution in [0.15, 0.2) is 22.7 Å².